The molecule has 0 aliphatic carbocycles. The predicted octanol–water partition coefficient (Wildman–Crippen LogP) is 3.24. The van der Waals surface area contributed by atoms with Gasteiger partial charge in [-0.15, -0.1) is 21.5 Å². The molecular formula is C14H20N4OS2. The first-order chi connectivity index (χ1) is 10.1. The van der Waals surface area contributed by atoms with Crippen LogP contribution in [0.1, 0.15) is 23.5 Å². The molecule has 3 heterocycles. The maximum atomic E-state index is 5.78. The summed E-state index contributed by atoms with van der Waals surface area (Å²) < 4.78 is 5.78. The third-order valence-electron chi connectivity index (χ3n) is 3.67. The summed E-state index contributed by atoms with van der Waals surface area (Å²) in [5, 5.41) is 10.0. The van der Waals surface area contributed by atoms with E-state index in [0.29, 0.717) is 11.1 Å². The maximum Gasteiger partial charge on any atom is 0.276 e. The van der Waals surface area contributed by atoms with Crippen molar-refractivity contribution in [3.8, 4) is 10.8 Å². The topological polar surface area (TPSA) is 55.1 Å². The van der Waals surface area contributed by atoms with Gasteiger partial charge in [-0.2, -0.15) is 0 Å². The molecule has 0 unspecified atom stereocenters. The molecule has 0 amide bonds. The molecule has 3 rings (SSSR count). The van der Waals surface area contributed by atoms with E-state index in [2.05, 4.69) is 27.1 Å². The highest BCUT2D eigenvalue weighted by Gasteiger charge is 2.19. The average Bonchev–Trinajstić information content (AvgIpc) is 3.03. The molecule has 0 aromatic carbocycles. The quantitative estimate of drug-likeness (QED) is 0.805. The van der Waals surface area contributed by atoms with Crippen LogP contribution in [0.25, 0.3) is 10.8 Å². The van der Waals surface area contributed by atoms with Crippen LogP contribution in [-0.2, 0) is 0 Å². The number of nitrogens with zero attached hydrogens (tertiary/aromatic N) is 4. The molecule has 5 nitrogen and oxygen atoms in total. The van der Waals surface area contributed by atoms with Crippen LogP contribution in [-0.4, -0.2) is 46.0 Å². The van der Waals surface area contributed by atoms with Gasteiger partial charge >= 0.3 is 0 Å². The Morgan fingerprint density at radius 3 is 2.95 bits per heavy atom. The van der Waals surface area contributed by atoms with Gasteiger partial charge in [-0.25, -0.2) is 4.98 Å². The second kappa shape index (κ2) is 6.46. The van der Waals surface area contributed by atoms with Crippen molar-refractivity contribution in [1.82, 2.24) is 20.1 Å². The lowest BCUT2D eigenvalue weighted by atomic mass is 10.0. The molecule has 0 bridgehead atoms. The van der Waals surface area contributed by atoms with E-state index in [-0.39, 0.29) is 0 Å². The normalized spacial score (nSPS) is 20.0. The first kappa shape index (κ1) is 15.0. The van der Waals surface area contributed by atoms with E-state index in [1.807, 2.05) is 13.8 Å². The summed E-state index contributed by atoms with van der Waals surface area (Å²) in [7, 11) is 2.19. The van der Waals surface area contributed by atoms with Crippen molar-refractivity contribution in [2.75, 3.05) is 25.9 Å². The fourth-order valence-corrected chi connectivity index (χ4v) is 4.42. The van der Waals surface area contributed by atoms with Crippen LogP contribution in [0.5, 0.6) is 0 Å². The van der Waals surface area contributed by atoms with Gasteiger partial charge in [-0.05, 0) is 46.2 Å². The second-order valence-corrected chi connectivity index (χ2v) is 7.78. The Balaban J connectivity index is 1.61. The van der Waals surface area contributed by atoms with Gasteiger partial charge in [0.25, 0.3) is 11.1 Å². The van der Waals surface area contributed by atoms with Gasteiger partial charge in [0.05, 0.1) is 10.7 Å². The maximum absolute atomic E-state index is 5.78. The summed E-state index contributed by atoms with van der Waals surface area (Å²) in [5.74, 6) is 2.37. The minimum Gasteiger partial charge on any atom is -0.410 e. The largest absolute Gasteiger partial charge is 0.410 e. The van der Waals surface area contributed by atoms with Crippen LogP contribution in [0.4, 0.5) is 0 Å². The van der Waals surface area contributed by atoms with Gasteiger partial charge in [-0.1, -0.05) is 11.8 Å². The molecule has 0 N–H and O–H groups in total. The number of piperidine rings is 1. The van der Waals surface area contributed by atoms with Crippen molar-refractivity contribution in [2.24, 2.45) is 5.92 Å². The van der Waals surface area contributed by atoms with Gasteiger partial charge < -0.3 is 9.32 Å². The van der Waals surface area contributed by atoms with Crippen molar-refractivity contribution in [3.63, 3.8) is 0 Å². The highest BCUT2D eigenvalue weighted by Crippen LogP contribution is 2.31. The van der Waals surface area contributed by atoms with E-state index in [1.165, 1.54) is 25.9 Å². The highest BCUT2D eigenvalue weighted by molar-refractivity contribution is 7.99. The first-order valence-electron chi connectivity index (χ1n) is 7.21. The molecule has 0 spiro atoms. The molecule has 7 heteroatoms. The lowest BCUT2D eigenvalue weighted by Gasteiger charge is -2.28. The van der Waals surface area contributed by atoms with E-state index in [0.717, 1.165) is 27.2 Å². The Bertz CT molecular complexity index is 610. The number of hydrogen-bond donors (Lipinski definition) is 0. The lowest BCUT2D eigenvalue weighted by molar-refractivity contribution is 0.224. The second-order valence-electron chi connectivity index (χ2n) is 5.60. The summed E-state index contributed by atoms with van der Waals surface area (Å²) in [4.78, 5) is 7.79. The van der Waals surface area contributed by atoms with E-state index < -0.39 is 0 Å². The van der Waals surface area contributed by atoms with Crippen LogP contribution in [0.2, 0.25) is 0 Å². The number of hydrogen-bond acceptors (Lipinski definition) is 7. The van der Waals surface area contributed by atoms with Crippen LogP contribution in [0.3, 0.4) is 0 Å². The van der Waals surface area contributed by atoms with Gasteiger partial charge in [-0.3, -0.25) is 0 Å². The molecule has 1 fully saturated rings. The molecule has 0 saturated carbocycles. The highest BCUT2D eigenvalue weighted by atomic mass is 32.2. The number of rotatable bonds is 4. The molecule has 0 radical (unpaired) electrons. The van der Waals surface area contributed by atoms with Crippen LogP contribution in [0, 0.1) is 19.8 Å². The van der Waals surface area contributed by atoms with Crippen molar-refractivity contribution >= 4 is 23.1 Å². The number of aryl methyl sites for hydroxylation is 2. The van der Waals surface area contributed by atoms with E-state index in [1.54, 1.807) is 23.1 Å². The summed E-state index contributed by atoms with van der Waals surface area (Å²) in [6.45, 7) is 6.36. The smallest absolute Gasteiger partial charge is 0.276 e. The van der Waals surface area contributed by atoms with Gasteiger partial charge in [0.2, 0.25) is 0 Å². The van der Waals surface area contributed by atoms with Crippen LogP contribution >= 0.6 is 23.1 Å². The first-order valence-corrected chi connectivity index (χ1v) is 9.01. The minimum absolute atomic E-state index is 0.598. The van der Waals surface area contributed by atoms with Crippen molar-refractivity contribution < 1.29 is 4.42 Å². The minimum atomic E-state index is 0.598. The number of likely N-dealkylation sites (tertiary alicyclic amines) is 1. The van der Waals surface area contributed by atoms with Crippen LogP contribution in [0.15, 0.2) is 9.64 Å². The Hall–Kier alpha value is -0.920. The summed E-state index contributed by atoms with van der Waals surface area (Å²) >= 11 is 3.28. The van der Waals surface area contributed by atoms with E-state index in [9.17, 15) is 0 Å². The monoisotopic (exact) mass is 324 g/mol. The summed E-state index contributed by atoms with van der Waals surface area (Å²) in [6.07, 6.45) is 2.58. The number of aromatic nitrogens is 3. The Morgan fingerprint density at radius 2 is 2.24 bits per heavy atom. The molecule has 1 atom stereocenters. The summed E-state index contributed by atoms with van der Waals surface area (Å²) in [6, 6.07) is 0. The fraction of sp³-hybridized carbons (Fsp3) is 0.643. The molecule has 1 aliphatic heterocycles. The number of thioether (sulfide) groups is 1. The Kier molecular flexibility index (Phi) is 4.61. The molecule has 1 aliphatic rings. The third-order valence-corrected chi connectivity index (χ3v) is 5.78. The molecule has 21 heavy (non-hydrogen) atoms. The molecule has 2 aromatic rings. The van der Waals surface area contributed by atoms with Gasteiger partial charge in [0.1, 0.15) is 4.88 Å². The van der Waals surface area contributed by atoms with Crippen molar-refractivity contribution in [1.29, 1.82) is 0 Å². The lowest BCUT2D eigenvalue weighted by Crippen LogP contribution is -2.33. The van der Waals surface area contributed by atoms with E-state index in [4.69, 9.17) is 4.42 Å². The zero-order valence-electron chi connectivity index (χ0n) is 12.6. The van der Waals surface area contributed by atoms with Gasteiger partial charge in [0.15, 0.2) is 0 Å². The summed E-state index contributed by atoms with van der Waals surface area (Å²) in [5.41, 5.74) is 0.964. The zero-order valence-corrected chi connectivity index (χ0v) is 14.3. The fourth-order valence-electron chi connectivity index (χ4n) is 2.69. The predicted molar refractivity (Wildman–Crippen MR) is 85.8 cm³/mol. The Morgan fingerprint density at radius 1 is 1.38 bits per heavy atom. The number of thiazole rings is 1. The third kappa shape index (κ3) is 3.64. The molecule has 114 valence electrons. The SMILES string of the molecule is Cc1nc(C)c(-c2nnc(SC[C@@H]3CCCN(C)C3)o2)s1. The van der Waals surface area contributed by atoms with Crippen LogP contribution < -0.4 is 0 Å². The Labute approximate surface area is 133 Å². The molecular weight excluding hydrogens is 304 g/mol. The standard InChI is InChI=1S/C14H20N4OS2/c1-9-12(21-10(2)15-9)13-16-17-14(19-13)20-8-11-5-4-6-18(3)7-11/h11H,4-8H2,1-3H3/t11-/m1/s1. The van der Waals surface area contributed by atoms with Crippen molar-refractivity contribution in [2.45, 2.75) is 31.9 Å². The molecule has 2 aromatic heterocycles. The zero-order chi connectivity index (χ0) is 14.8. The molecule has 1 saturated heterocycles. The van der Waals surface area contributed by atoms with E-state index >= 15 is 0 Å². The van der Waals surface area contributed by atoms with Gasteiger partial charge in [0, 0.05) is 12.3 Å². The van der Waals surface area contributed by atoms with Crippen molar-refractivity contribution in [3.05, 3.63) is 10.7 Å². The average molecular weight is 324 g/mol.